The zero-order chi connectivity index (χ0) is 14.2. The van der Waals surface area contributed by atoms with E-state index in [-0.39, 0.29) is 12.0 Å². The average molecular weight is 273 g/mol. The van der Waals surface area contributed by atoms with Crippen molar-refractivity contribution in [1.29, 1.82) is 10.5 Å². The van der Waals surface area contributed by atoms with Crippen LogP contribution < -0.4 is 0 Å². The van der Waals surface area contributed by atoms with Crippen molar-refractivity contribution in [2.75, 3.05) is 26.2 Å². The summed E-state index contributed by atoms with van der Waals surface area (Å²) in [6.07, 6.45) is 4.88. The summed E-state index contributed by atoms with van der Waals surface area (Å²) in [5.74, 6) is -0.0712. The third-order valence-corrected chi connectivity index (χ3v) is 3.44. The molecule has 1 aromatic heterocycles. The van der Waals surface area contributed by atoms with E-state index in [1.807, 2.05) is 16.9 Å². The molecule has 0 aromatic carbocycles. The molecule has 1 aliphatic rings. The minimum Gasteiger partial charge on any atom is -0.374 e. The van der Waals surface area contributed by atoms with E-state index < -0.39 is 0 Å². The van der Waals surface area contributed by atoms with Crippen LogP contribution in [0.25, 0.3) is 0 Å². The van der Waals surface area contributed by atoms with E-state index in [1.165, 1.54) is 0 Å². The summed E-state index contributed by atoms with van der Waals surface area (Å²) < 4.78 is 7.61. The van der Waals surface area contributed by atoms with E-state index in [4.69, 9.17) is 15.3 Å². The van der Waals surface area contributed by atoms with Crippen LogP contribution in [0, 0.1) is 28.6 Å². The SMILES string of the molecule is N#CCCC(C#N)CN1CCOC(Cn2cccn2)C1. The first-order chi connectivity index (χ1) is 9.81. The van der Waals surface area contributed by atoms with Gasteiger partial charge in [-0.25, -0.2) is 0 Å². The van der Waals surface area contributed by atoms with Crippen LogP contribution in [0.2, 0.25) is 0 Å². The maximum absolute atomic E-state index is 9.13. The molecule has 2 rings (SSSR count). The lowest BCUT2D eigenvalue weighted by atomic mass is 10.0. The highest BCUT2D eigenvalue weighted by Crippen LogP contribution is 2.12. The third-order valence-electron chi connectivity index (χ3n) is 3.44. The molecule has 0 spiro atoms. The Hall–Kier alpha value is -1.89. The topological polar surface area (TPSA) is 77.9 Å². The van der Waals surface area contributed by atoms with E-state index >= 15 is 0 Å². The summed E-state index contributed by atoms with van der Waals surface area (Å²) in [5.41, 5.74) is 0. The third kappa shape index (κ3) is 4.34. The Kier molecular flexibility index (Phi) is 5.55. The van der Waals surface area contributed by atoms with Crippen molar-refractivity contribution >= 4 is 0 Å². The van der Waals surface area contributed by atoms with Crippen LogP contribution in [0.3, 0.4) is 0 Å². The fourth-order valence-electron chi connectivity index (χ4n) is 2.42. The number of hydrogen-bond acceptors (Lipinski definition) is 5. The van der Waals surface area contributed by atoms with E-state index in [9.17, 15) is 0 Å². The van der Waals surface area contributed by atoms with Gasteiger partial charge in [-0.15, -0.1) is 0 Å². The fraction of sp³-hybridized carbons (Fsp3) is 0.643. The number of ether oxygens (including phenoxy) is 1. The molecular formula is C14H19N5O. The second-order valence-electron chi connectivity index (χ2n) is 5.00. The van der Waals surface area contributed by atoms with Gasteiger partial charge in [0.25, 0.3) is 0 Å². The molecule has 106 valence electrons. The van der Waals surface area contributed by atoms with Crippen molar-refractivity contribution in [3.05, 3.63) is 18.5 Å². The van der Waals surface area contributed by atoms with Crippen LogP contribution in [0.1, 0.15) is 12.8 Å². The van der Waals surface area contributed by atoms with Gasteiger partial charge in [0.05, 0.1) is 37.3 Å². The molecular weight excluding hydrogens is 254 g/mol. The standard InChI is InChI=1S/C14H19N5O/c15-4-1-3-13(9-16)10-18-7-8-20-14(11-18)12-19-6-2-5-17-19/h2,5-6,13-14H,1,3,7-8,10-12H2. The van der Waals surface area contributed by atoms with Crippen molar-refractivity contribution in [2.24, 2.45) is 5.92 Å². The Morgan fingerprint density at radius 3 is 3.05 bits per heavy atom. The van der Waals surface area contributed by atoms with E-state index in [2.05, 4.69) is 22.1 Å². The Morgan fingerprint density at radius 1 is 1.45 bits per heavy atom. The van der Waals surface area contributed by atoms with Gasteiger partial charge in [0.15, 0.2) is 0 Å². The molecule has 0 N–H and O–H groups in total. The van der Waals surface area contributed by atoms with Gasteiger partial charge >= 0.3 is 0 Å². The quantitative estimate of drug-likeness (QED) is 0.773. The molecule has 2 unspecified atom stereocenters. The average Bonchev–Trinajstić information content (AvgIpc) is 2.96. The highest BCUT2D eigenvalue weighted by molar-refractivity contribution is 4.89. The largest absolute Gasteiger partial charge is 0.374 e. The minimum atomic E-state index is -0.0712. The molecule has 1 fully saturated rings. The van der Waals surface area contributed by atoms with Gasteiger partial charge in [-0.1, -0.05) is 0 Å². The second-order valence-corrected chi connectivity index (χ2v) is 5.00. The molecule has 0 saturated carbocycles. The number of nitrogens with zero attached hydrogens (tertiary/aromatic N) is 5. The van der Waals surface area contributed by atoms with Crippen LogP contribution in [-0.2, 0) is 11.3 Å². The van der Waals surface area contributed by atoms with Gasteiger partial charge in [-0.2, -0.15) is 15.6 Å². The lowest BCUT2D eigenvalue weighted by Gasteiger charge is -2.33. The summed E-state index contributed by atoms with van der Waals surface area (Å²) >= 11 is 0. The van der Waals surface area contributed by atoms with Crippen LogP contribution in [-0.4, -0.2) is 47.0 Å². The summed E-state index contributed by atoms with van der Waals surface area (Å²) in [6, 6.07) is 6.29. The summed E-state index contributed by atoms with van der Waals surface area (Å²) in [4.78, 5) is 2.25. The molecule has 6 heteroatoms. The van der Waals surface area contributed by atoms with E-state index in [0.717, 1.165) is 26.2 Å². The zero-order valence-corrected chi connectivity index (χ0v) is 11.5. The lowest BCUT2D eigenvalue weighted by molar-refractivity contribution is -0.0400. The predicted octanol–water partition coefficient (Wildman–Crippen LogP) is 1.03. The van der Waals surface area contributed by atoms with Crippen LogP contribution in [0.15, 0.2) is 18.5 Å². The maximum Gasteiger partial charge on any atom is 0.0898 e. The first-order valence-corrected chi connectivity index (χ1v) is 6.89. The van der Waals surface area contributed by atoms with Crippen molar-refractivity contribution < 1.29 is 4.74 Å². The molecule has 0 amide bonds. The summed E-state index contributed by atoms with van der Waals surface area (Å²) in [6.45, 7) is 3.79. The van der Waals surface area contributed by atoms with Crippen molar-refractivity contribution in [2.45, 2.75) is 25.5 Å². The first kappa shape index (κ1) is 14.5. The Labute approximate surface area is 119 Å². The highest BCUT2D eigenvalue weighted by atomic mass is 16.5. The van der Waals surface area contributed by atoms with Crippen LogP contribution >= 0.6 is 0 Å². The Morgan fingerprint density at radius 2 is 2.35 bits per heavy atom. The molecule has 0 radical (unpaired) electrons. The number of morpholine rings is 1. The highest BCUT2D eigenvalue weighted by Gasteiger charge is 2.23. The maximum atomic E-state index is 9.13. The molecule has 1 aliphatic heterocycles. The van der Waals surface area contributed by atoms with Gasteiger partial charge in [-0.3, -0.25) is 9.58 Å². The normalized spacial score (nSPS) is 21.0. The molecule has 1 aromatic rings. The molecule has 1 saturated heterocycles. The summed E-state index contributed by atoms with van der Waals surface area (Å²) in [5, 5.41) is 21.9. The van der Waals surface area contributed by atoms with E-state index in [1.54, 1.807) is 6.20 Å². The lowest BCUT2D eigenvalue weighted by Crippen LogP contribution is -2.45. The van der Waals surface area contributed by atoms with Crippen molar-refractivity contribution in [3.8, 4) is 12.1 Å². The number of aromatic nitrogens is 2. The number of hydrogen-bond donors (Lipinski definition) is 0. The van der Waals surface area contributed by atoms with Crippen LogP contribution in [0.4, 0.5) is 0 Å². The second kappa shape index (κ2) is 7.64. The molecule has 0 bridgehead atoms. The Balaban J connectivity index is 1.81. The van der Waals surface area contributed by atoms with Crippen LogP contribution in [0.5, 0.6) is 0 Å². The minimum absolute atomic E-state index is 0.0712. The predicted molar refractivity (Wildman–Crippen MR) is 72.4 cm³/mol. The van der Waals surface area contributed by atoms with Gasteiger partial charge in [0.1, 0.15) is 0 Å². The van der Waals surface area contributed by atoms with Gasteiger partial charge < -0.3 is 4.74 Å². The number of rotatable bonds is 6. The number of nitriles is 2. The first-order valence-electron chi connectivity index (χ1n) is 6.89. The molecule has 2 heterocycles. The van der Waals surface area contributed by atoms with E-state index in [0.29, 0.717) is 19.4 Å². The monoisotopic (exact) mass is 273 g/mol. The van der Waals surface area contributed by atoms with Crippen molar-refractivity contribution in [3.63, 3.8) is 0 Å². The van der Waals surface area contributed by atoms with Gasteiger partial charge in [0.2, 0.25) is 0 Å². The molecule has 20 heavy (non-hydrogen) atoms. The Bertz CT molecular complexity index is 473. The molecule has 6 nitrogen and oxygen atoms in total. The molecule has 0 aliphatic carbocycles. The van der Waals surface area contributed by atoms with Gasteiger partial charge in [-0.05, 0) is 12.5 Å². The smallest absolute Gasteiger partial charge is 0.0898 e. The van der Waals surface area contributed by atoms with Gasteiger partial charge in [0, 0.05) is 38.4 Å². The fourth-order valence-corrected chi connectivity index (χ4v) is 2.42. The summed E-state index contributed by atoms with van der Waals surface area (Å²) in [7, 11) is 0. The molecule has 2 atom stereocenters. The van der Waals surface area contributed by atoms with Crippen molar-refractivity contribution in [1.82, 2.24) is 14.7 Å². The zero-order valence-electron chi connectivity index (χ0n) is 11.5.